The second-order valence-corrected chi connectivity index (χ2v) is 6.79. The van der Waals surface area contributed by atoms with Gasteiger partial charge in [0.25, 0.3) is 0 Å². The molecule has 2 unspecified atom stereocenters. The fraction of sp³-hybridized carbons (Fsp3) is 0.556. The monoisotopic (exact) mass is 333 g/mol. The fourth-order valence-electron chi connectivity index (χ4n) is 3.37. The number of rotatable bonds is 4. The maximum Gasteiger partial charge on any atom is 0.311 e. The predicted octanol–water partition coefficient (Wildman–Crippen LogP) is 1.96. The van der Waals surface area contributed by atoms with Gasteiger partial charge in [-0.25, -0.2) is 0 Å². The molecule has 6 heteroatoms. The van der Waals surface area contributed by atoms with Gasteiger partial charge in [0.15, 0.2) is 0 Å². The minimum absolute atomic E-state index is 0.0209. The first-order chi connectivity index (χ1) is 11.4. The molecule has 0 aromatic heterocycles. The van der Waals surface area contributed by atoms with Crippen molar-refractivity contribution in [3.63, 3.8) is 0 Å². The van der Waals surface area contributed by atoms with Gasteiger partial charge in [-0.1, -0.05) is 0 Å². The van der Waals surface area contributed by atoms with Crippen LogP contribution in [0.3, 0.4) is 0 Å². The number of aliphatic carboxylic acids is 1. The highest BCUT2D eigenvalue weighted by Gasteiger charge is 2.43. The first kappa shape index (κ1) is 16.6. The standard InChI is InChI=1S/C18H23NO5/c1-3-23-14-4-5-15-12(9-14)8-13(10-24-15)16(20)19-7-6-18(2,11-19)17(21)22/h4-5,9,13H,3,6-8,10-11H2,1-2H3,(H,21,22). The Labute approximate surface area is 141 Å². The summed E-state index contributed by atoms with van der Waals surface area (Å²) in [7, 11) is 0. The maximum atomic E-state index is 12.8. The molecular weight excluding hydrogens is 310 g/mol. The van der Waals surface area contributed by atoms with Crippen LogP contribution in [0.15, 0.2) is 18.2 Å². The van der Waals surface area contributed by atoms with Gasteiger partial charge < -0.3 is 19.5 Å². The molecule has 2 heterocycles. The average Bonchev–Trinajstić information content (AvgIpc) is 2.98. The number of nitrogens with zero attached hydrogens (tertiary/aromatic N) is 1. The third-order valence-corrected chi connectivity index (χ3v) is 4.90. The highest BCUT2D eigenvalue weighted by atomic mass is 16.5. The van der Waals surface area contributed by atoms with E-state index in [9.17, 15) is 14.7 Å². The summed E-state index contributed by atoms with van der Waals surface area (Å²) in [4.78, 5) is 25.8. The van der Waals surface area contributed by atoms with Crippen molar-refractivity contribution in [3.8, 4) is 11.5 Å². The van der Waals surface area contributed by atoms with Crippen molar-refractivity contribution in [3.05, 3.63) is 23.8 Å². The van der Waals surface area contributed by atoms with Gasteiger partial charge in [-0.15, -0.1) is 0 Å². The Morgan fingerprint density at radius 2 is 2.25 bits per heavy atom. The minimum atomic E-state index is -0.843. The molecular formula is C18H23NO5. The number of amides is 1. The molecule has 0 spiro atoms. The summed E-state index contributed by atoms with van der Waals surface area (Å²) in [6.45, 7) is 5.30. The number of likely N-dealkylation sites (tertiary alicyclic amines) is 1. The highest BCUT2D eigenvalue weighted by Crippen LogP contribution is 2.34. The molecule has 1 aromatic rings. The van der Waals surface area contributed by atoms with E-state index in [1.807, 2.05) is 25.1 Å². The summed E-state index contributed by atoms with van der Waals surface area (Å²) in [5.41, 5.74) is 0.122. The summed E-state index contributed by atoms with van der Waals surface area (Å²) in [6.07, 6.45) is 1.09. The number of carboxylic acids is 1. The molecule has 1 N–H and O–H groups in total. The fourth-order valence-corrected chi connectivity index (χ4v) is 3.37. The predicted molar refractivity (Wildman–Crippen MR) is 87.2 cm³/mol. The van der Waals surface area contributed by atoms with Crippen LogP contribution in [-0.4, -0.2) is 48.2 Å². The van der Waals surface area contributed by atoms with Crippen LogP contribution in [-0.2, 0) is 16.0 Å². The van der Waals surface area contributed by atoms with Crippen molar-refractivity contribution in [2.24, 2.45) is 11.3 Å². The Morgan fingerprint density at radius 3 is 2.92 bits per heavy atom. The van der Waals surface area contributed by atoms with E-state index in [2.05, 4.69) is 0 Å². The lowest BCUT2D eigenvalue weighted by atomic mass is 9.90. The molecule has 1 amide bonds. The molecule has 2 aliphatic rings. The Hall–Kier alpha value is -2.24. The Kier molecular flexibility index (Phi) is 4.39. The number of hydrogen-bond donors (Lipinski definition) is 1. The molecule has 2 atom stereocenters. The second-order valence-electron chi connectivity index (χ2n) is 6.79. The zero-order chi connectivity index (χ0) is 17.3. The lowest BCUT2D eigenvalue weighted by molar-refractivity contribution is -0.147. The molecule has 3 rings (SSSR count). The molecule has 24 heavy (non-hydrogen) atoms. The Balaban J connectivity index is 1.70. The Bertz CT molecular complexity index is 659. The van der Waals surface area contributed by atoms with Crippen molar-refractivity contribution < 1.29 is 24.2 Å². The normalized spacial score (nSPS) is 25.8. The van der Waals surface area contributed by atoms with E-state index in [-0.39, 0.29) is 18.4 Å². The van der Waals surface area contributed by atoms with Gasteiger partial charge in [-0.3, -0.25) is 9.59 Å². The van der Waals surface area contributed by atoms with Crippen LogP contribution in [0.1, 0.15) is 25.8 Å². The summed E-state index contributed by atoms with van der Waals surface area (Å²) in [5.74, 6) is 0.425. The van der Waals surface area contributed by atoms with Gasteiger partial charge in [-0.2, -0.15) is 0 Å². The van der Waals surface area contributed by atoms with Gasteiger partial charge in [0.2, 0.25) is 5.91 Å². The molecule has 0 saturated carbocycles. The van der Waals surface area contributed by atoms with Crippen molar-refractivity contribution in [2.45, 2.75) is 26.7 Å². The number of carbonyl (C=O) groups excluding carboxylic acids is 1. The molecule has 130 valence electrons. The van der Waals surface area contributed by atoms with Gasteiger partial charge >= 0.3 is 5.97 Å². The number of ether oxygens (including phenoxy) is 2. The van der Waals surface area contributed by atoms with Crippen LogP contribution in [0.5, 0.6) is 11.5 Å². The smallest absolute Gasteiger partial charge is 0.311 e. The topological polar surface area (TPSA) is 76.1 Å². The van der Waals surface area contributed by atoms with Crippen LogP contribution >= 0.6 is 0 Å². The molecule has 0 bridgehead atoms. The van der Waals surface area contributed by atoms with E-state index in [0.717, 1.165) is 17.1 Å². The van der Waals surface area contributed by atoms with E-state index in [1.165, 1.54) is 0 Å². The van der Waals surface area contributed by atoms with Gasteiger partial charge in [0, 0.05) is 13.1 Å². The van der Waals surface area contributed by atoms with Crippen LogP contribution in [0.2, 0.25) is 0 Å². The highest BCUT2D eigenvalue weighted by molar-refractivity contribution is 5.82. The molecule has 2 aliphatic heterocycles. The van der Waals surface area contributed by atoms with E-state index < -0.39 is 11.4 Å². The second kappa shape index (κ2) is 6.34. The zero-order valence-corrected chi connectivity index (χ0v) is 14.1. The summed E-state index contributed by atoms with van der Waals surface area (Å²) in [5, 5.41) is 9.32. The first-order valence-corrected chi connectivity index (χ1v) is 8.33. The SMILES string of the molecule is CCOc1ccc2c(c1)CC(C(=O)N1CCC(C)(C(=O)O)C1)CO2. The van der Waals surface area contributed by atoms with Crippen LogP contribution in [0, 0.1) is 11.3 Å². The first-order valence-electron chi connectivity index (χ1n) is 8.33. The number of hydrogen-bond acceptors (Lipinski definition) is 4. The van der Waals surface area contributed by atoms with E-state index in [1.54, 1.807) is 11.8 Å². The van der Waals surface area contributed by atoms with E-state index >= 15 is 0 Å². The third-order valence-electron chi connectivity index (χ3n) is 4.90. The average molecular weight is 333 g/mol. The van der Waals surface area contributed by atoms with Crippen LogP contribution in [0.4, 0.5) is 0 Å². The summed E-state index contributed by atoms with van der Waals surface area (Å²) in [6, 6.07) is 5.66. The molecule has 0 aliphatic carbocycles. The number of benzene rings is 1. The van der Waals surface area contributed by atoms with E-state index in [0.29, 0.717) is 32.6 Å². The number of carboxylic acid groups (broad SMARTS) is 1. The lowest BCUT2D eigenvalue weighted by Gasteiger charge is -2.29. The minimum Gasteiger partial charge on any atom is -0.494 e. The van der Waals surface area contributed by atoms with Crippen molar-refractivity contribution >= 4 is 11.9 Å². The molecule has 1 fully saturated rings. The van der Waals surface area contributed by atoms with Crippen LogP contribution in [0.25, 0.3) is 0 Å². The third kappa shape index (κ3) is 3.05. The van der Waals surface area contributed by atoms with Crippen molar-refractivity contribution in [1.82, 2.24) is 4.90 Å². The van der Waals surface area contributed by atoms with Crippen LogP contribution < -0.4 is 9.47 Å². The van der Waals surface area contributed by atoms with Crippen molar-refractivity contribution in [1.29, 1.82) is 0 Å². The van der Waals surface area contributed by atoms with Gasteiger partial charge in [0.1, 0.15) is 18.1 Å². The zero-order valence-electron chi connectivity index (χ0n) is 14.1. The summed E-state index contributed by atoms with van der Waals surface area (Å²) >= 11 is 0. The number of fused-ring (bicyclic) bond motifs is 1. The summed E-state index contributed by atoms with van der Waals surface area (Å²) < 4.78 is 11.2. The van der Waals surface area contributed by atoms with Gasteiger partial charge in [-0.05, 0) is 50.5 Å². The molecule has 1 aromatic carbocycles. The van der Waals surface area contributed by atoms with Gasteiger partial charge in [0.05, 0.1) is 17.9 Å². The molecule has 0 radical (unpaired) electrons. The maximum absolute atomic E-state index is 12.8. The Morgan fingerprint density at radius 1 is 1.46 bits per heavy atom. The largest absolute Gasteiger partial charge is 0.494 e. The molecule has 1 saturated heterocycles. The van der Waals surface area contributed by atoms with Crippen molar-refractivity contribution in [2.75, 3.05) is 26.3 Å². The number of carbonyl (C=O) groups is 2. The quantitative estimate of drug-likeness (QED) is 0.911. The lowest BCUT2D eigenvalue weighted by Crippen LogP contribution is -2.41. The van der Waals surface area contributed by atoms with E-state index in [4.69, 9.17) is 9.47 Å². The molecule has 6 nitrogen and oxygen atoms in total.